The summed E-state index contributed by atoms with van der Waals surface area (Å²) in [5.41, 5.74) is 1.11. The molecule has 0 amide bonds. The highest BCUT2D eigenvalue weighted by atomic mass is 32.1. The van der Waals surface area contributed by atoms with Crippen molar-refractivity contribution in [2.45, 2.75) is 6.42 Å². The topological polar surface area (TPSA) is 89.1 Å². The number of para-hydroxylation sites is 1. The van der Waals surface area contributed by atoms with Crippen LogP contribution < -0.4 is 0 Å². The molecular formula is C11H10N2O3S. The summed E-state index contributed by atoms with van der Waals surface area (Å²) < 4.78 is 0.257. The maximum atomic E-state index is 11.0. The smallest absolute Gasteiger partial charge is 0.354 e. The zero-order chi connectivity index (χ0) is 12.4. The third kappa shape index (κ3) is 2.36. The minimum atomic E-state index is -1.08. The second-order valence-electron chi connectivity index (χ2n) is 3.54. The number of hydrogen-bond acceptors (Lipinski definition) is 3. The zero-order valence-corrected chi connectivity index (χ0v) is 9.54. The Morgan fingerprint density at radius 3 is 2.65 bits per heavy atom. The predicted octanol–water partition coefficient (Wildman–Crippen LogP) is 2.07. The standard InChI is InChI=1S/C11H10N2O3S/c14-8-4-2-1-3-6(8)5-7-9(10(15)16)13-11(17)12-7/h1-4,14H,5H2,(H,15,16)(H2,12,13,17). The van der Waals surface area contributed by atoms with Gasteiger partial charge in [-0.1, -0.05) is 18.2 Å². The Bertz CT molecular complexity index is 615. The Labute approximate surface area is 102 Å². The molecular weight excluding hydrogens is 240 g/mol. The third-order valence-corrected chi connectivity index (χ3v) is 2.58. The number of phenols is 1. The molecule has 0 radical (unpaired) electrons. The van der Waals surface area contributed by atoms with Gasteiger partial charge in [0.25, 0.3) is 0 Å². The molecule has 0 aliphatic carbocycles. The van der Waals surface area contributed by atoms with Crippen LogP contribution in [0.4, 0.5) is 0 Å². The number of phenolic OH excluding ortho intramolecular Hbond substituents is 1. The van der Waals surface area contributed by atoms with Crippen LogP contribution in [0.1, 0.15) is 21.7 Å². The van der Waals surface area contributed by atoms with Gasteiger partial charge in [-0.25, -0.2) is 4.79 Å². The van der Waals surface area contributed by atoms with Gasteiger partial charge in [0.2, 0.25) is 0 Å². The second-order valence-corrected chi connectivity index (χ2v) is 3.95. The number of rotatable bonds is 3. The summed E-state index contributed by atoms with van der Waals surface area (Å²) in [6, 6.07) is 6.76. The summed E-state index contributed by atoms with van der Waals surface area (Å²) in [5.74, 6) is -0.952. The number of aromatic hydroxyl groups is 1. The van der Waals surface area contributed by atoms with E-state index in [1.165, 1.54) is 0 Å². The molecule has 0 aliphatic rings. The maximum Gasteiger partial charge on any atom is 0.354 e. The summed E-state index contributed by atoms with van der Waals surface area (Å²) in [7, 11) is 0. The zero-order valence-electron chi connectivity index (χ0n) is 8.73. The first-order valence-corrected chi connectivity index (χ1v) is 5.30. The van der Waals surface area contributed by atoms with Gasteiger partial charge in [-0.05, 0) is 23.8 Å². The van der Waals surface area contributed by atoms with Crippen molar-refractivity contribution in [3.8, 4) is 5.75 Å². The number of aromatic carboxylic acids is 1. The number of benzene rings is 1. The molecule has 6 heteroatoms. The average molecular weight is 250 g/mol. The normalized spacial score (nSPS) is 10.4. The van der Waals surface area contributed by atoms with Gasteiger partial charge in [-0.3, -0.25) is 0 Å². The molecule has 88 valence electrons. The Hall–Kier alpha value is -2.08. The van der Waals surface area contributed by atoms with Gasteiger partial charge < -0.3 is 20.2 Å². The highest BCUT2D eigenvalue weighted by Crippen LogP contribution is 2.20. The first-order valence-electron chi connectivity index (χ1n) is 4.89. The summed E-state index contributed by atoms with van der Waals surface area (Å²) in [6.07, 6.45) is 0.279. The van der Waals surface area contributed by atoms with Crippen LogP contribution in [0.3, 0.4) is 0 Å². The molecule has 1 heterocycles. The maximum absolute atomic E-state index is 11.0. The third-order valence-electron chi connectivity index (χ3n) is 2.38. The number of carboxylic acid groups (broad SMARTS) is 1. The van der Waals surface area contributed by atoms with Crippen molar-refractivity contribution >= 4 is 18.2 Å². The second kappa shape index (κ2) is 4.42. The number of aromatic nitrogens is 2. The Balaban J connectivity index is 2.40. The molecule has 5 nitrogen and oxygen atoms in total. The lowest BCUT2D eigenvalue weighted by Gasteiger charge is -2.03. The van der Waals surface area contributed by atoms with Gasteiger partial charge in [0, 0.05) is 6.42 Å². The van der Waals surface area contributed by atoms with E-state index in [4.69, 9.17) is 17.3 Å². The molecule has 0 fully saturated rings. The van der Waals surface area contributed by atoms with Crippen molar-refractivity contribution in [1.29, 1.82) is 0 Å². The molecule has 1 aromatic heterocycles. The van der Waals surface area contributed by atoms with Gasteiger partial charge >= 0.3 is 5.97 Å². The van der Waals surface area contributed by atoms with E-state index in [1.54, 1.807) is 24.3 Å². The lowest BCUT2D eigenvalue weighted by atomic mass is 10.1. The van der Waals surface area contributed by atoms with E-state index in [1.807, 2.05) is 0 Å². The van der Waals surface area contributed by atoms with Gasteiger partial charge in [0.15, 0.2) is 4.77 Å². The molecule has 0 saturated carbocycles. The van der Waals surface area contributed by atoms with Crippen molar-refractivity contribution in [3.05, 3.63) is 46.0 Å². The van der Waals surface area contributed by atoms with Gasteiger partial charge in [-0.15, -0.1) is 0 Å². The monoisotopic (exact) mass is 250 g/mol. The van der Waals surface area contributed by atoms with E-state index in [0.717, 1.165) is 0 Å². The summed E-state index contributed by atoms with van der Waals surface area (Å²) >= 11 is 4.85. The lowest BCUT2D eigenvalue weighted by Crippen LogP contribution is -2.02. The molecule has 0 spiro atoms. The Morgan fingerprint density at radius 1 is 1.29 bits per heavy atom. The molecule has 2 rings (SSSR count). The molecule has 2 aromatic rings. The van der Waals surface area contributed by atoms with Crippen LogP contribution in [-0.2, 0) is 6.42 Å². The number of imidazole rings is 1. The van der Waals surface area contributed by atoms with Crippen LogP contribution in [0.5, 0.6) is 5.75 Å². The van der Waals surface area contributed by atoms with Crippen molar-refractivity contribution in [1.82, 2.24) is 9.97 Å². The minimum Gasteiger partial charge on any atom is -0.508 e. The first kappa shape index (κ1) is 11.4. The van der Waals surface area contributed by atoms with Crippen molar-refractivity contribution in [3.63, 3.8) is 0 Å². The fourth-order valence-electron chi connectivity index (χ4n) is 1.59. The molecule has 1 aromatic carbocycles. The molecule has 0 saturated heterocycles. The number of hydrogen-bond donors (Lipinski definition) is 4. The van der Waals surface area contributed by atoms with Crippen molar-refractivity contribution in [2.75, 3.05) is 0 Å². The van der Waals surface area contributed by atoms with Crippen LogP contribution in [-0.4, -0.2) is 26.2 Å². The molecule has 0 unspecified atom stereocenters. The van der Waals surface area contributed by atoms with Gasteiger partial charge in [0.1, 0.15) is 11.4 Å². The van der Waals surface area contributed by atoms with E-state index in [0.29, 0.717) is 11.3 Å². The minimum absolute atomic E-state index is 0.0262. The van der Waals surface area contributed by atoms with E-state index in [9.17, 15) is 9.90 Å². The average Bonchev–Trinajstić information content (AvgIpc) is 2.63. The Morgan fingerprint density at radius 2 is 2.00 bits per heavy atom. The van der Waals surface area contributed by atoms with Crippen LogP contribution in [0.25, 0.3) is 0 Å². The molecule has 0 bridgehead atoms. The number of aromatic amines is 2. The summed E-state index contributed by atoms with van der Waals surface area (Å²) in [5, 5.41) is 18.6. The summed E-state index contributed by atoms with van der Waals surface area (Å²) in [4.78, 5) is 16.3. The molecule has 4 N–H and O–H groups in total. The molecule has 17 heavy (non-hydrogen) atoms. The lowest BCUT2D eigenvalue weighted by molar-refractivity contribution is 0.0690. The van der Waals surface area contributed by atoms with Crippen LogP contribution in [0.2, 0.25) is 0 Å². The number of nitrogens with one attached hydrogen (secondary N) is 2. The van der Waals surface area contributed by atoms with Crippen LogP contribution >= 0.6 is 12.2 Å². The summed E-state index contributed by atoms with van der Waals surface area (Å²) in [6.45, 7) is 0. The van der Waals surface area contributed by atoms with Gasteiger partial charge in [0.05, 0.1) is 5.69 Å². The number of carbonyl (C=O) groups is 1. The number of H-pyrrole nitrogens is 2. The molecule has 0 atom stereocenters. The van der Waals surface area contributed by atoms with Gasteiger partial charge in [-0.2, -0.15) is 0 Å². The fourth-order valence-corrected chi connectivity index (χ4v) is 1.81. The SMILES string of the molecule is O=C(O)c1[nH]c(=S)[nH]c1Cc1ccccc1O. The van der Waals surface area contributed by atoms with Crippen molar-refractivity contribution < 1.29 is 15.0 Å². The first-order chi connectivity index (χ1) is 8.08. The van der Waals surface area contributed by atoms with E-state index >= 15 is 0 Å². The quantitative estimate of drug-likeness (QED) is 0.628. The number of carboxylic acids is 1. The van der Waals surface area contributed by atoms with Crippen molar-refractivity contribution in [2.24, 2.45) is 0 Å². The van der Waals surface area contributed by atoms with Crippen LogP contribution in [0, 0.1) is 4.77 Å². The largest absolute Gasteiger partial charge is 0.508 e. The highest BCUT2D eigenvalue weighted by Gasteiger charge is 2.14. The van der Waals surface area contributed by atoms with E-state index in [-0.39, 0.29) is 22.6 Å². The highest BCUT2D eigenvalue weighted by molar-refractivity contribution is 7.71. The Kier molecular flexibility index (Phi) is 2.97. The molecule has 0 aliphatic heterocycles. The predicted molar refractivity (Wildman–Crippen MR) is 63.8 cm³/mol. The van der Waals surface area contributed by atoms with E-state index in [2.05, 4.69) is 9.97 Å². The van der Waals surface area contributed by atoms with E-state index < -0.39 is 5.97 Å². The fraction of sp³-hybridized carbons (Fsp3) is 0.0909. The van der Waals surface area contributed by atoms with Crippen LogP contribution in [0.15, 0.2) is 24.3 Å².